The number of carbonyl (C=O) groups is 2. The van der Waals surface area contributed by atoms with Gasteiger partial charge in [0.2, 0.25) is 0 Å². The Kier molecular flexibility index (Phi) is 6.37. The number of carbonyl (C=O) groups excluding carboxylic acids is 1. The van der Waals surface area contributed by atoms with E-state index in [0.29, 0.717) is 25.0 Å². The monoisotopic (exact) mass is 293 g/mol. The summed E-state index contributed by atoms with van der Waals surface area (Å²) in [4.78, 5) is 23.6. The van der Waals surface area contributed by atoms with Crippen LogP contribution < -0.4 is 5.32 Å². The second kappa shape index (κ2) is 7.78. The van der Waals surface area contributed by atoms with Crippen LogP contribution in [0, 0.1) is 5.41 Å². The lowest BCUT2D eigenvalue weighted by atomic mass is 9.82. The van der Waals surface area contributed by atoms with Crippen LogP contribution in [0.3, 0.4) is 0 Å². The number of methoxy groups -OCH3 is 1. The van der Waals surface area contributed by atoms with E-state index < -0.39 is 11.4 Å². The number of hydrogen-bond donors (Lipinski definition) is 2. The molecule has 0 aliphatic rings. The van der Waals surface area contributed by atoms with Crippen LogP contribution in [0.25, 0.3) is 0 Å². The number of rotatable bonds is 8. The first-order valence-electron chi connectivity index (χ1n) is 7.08. The molecule has 2 N–H and O–H groups in total. The normalized spacial score (nSPS) is 11.2. The predicted octanol–water partition coefficient (Wildman–Crippen LogP) is 2.45. The van der Waals surface area contributed by atoms with Crippen LogP contribution in [0.5, 0.6) is 0 Å². The van der Waals surface area contributed by atoms with E-state index in [0.717, 1.165) is 5.56 Å². The minimum absolute atomic E-state index is 0.128. The Bertz CT molecular complexity index is 495. The van der Waals surface area contributed by atoms with Gasteiger partial charge in [0.15, 0.2) is 0 Å². The minimum atomic E-state index is -0.903. The van der Waals surface area contributed by atoms with Gasteiger partial charge in [-0.05, 0) is 30.5 Å². The van der Waals surface area contributed by atoms with Crippen LogP contribution in [0.2, 0.25) is 0 Å². The molecule has 0 saturated carbocycles. The molecule has 1 aromatic rings. The van der Waals surface area contributed by atoms with Crippen molar-refractivity contribution in [1.82, 2.24) is 5.32 Å². The van der Waals surface area contributed by atoms with Gasteiger partial charge in [-0.15, -0.1) is 0 Å². The van der Waals surface area contributed by atoms with Crippen LogP contribution in [-0.4, -0.2) is 30.6 Å². The van der Waals surface area contributed by atoms with Crippen molar-refractivity contribution in [1.29, 1.82) is 0 Å². The van der Waals surface area contributed by atoms with Gasteiger partial charge in [-0.2, -0.15) is 0 Å². The molecule has 5 nitrogen and oxygen atoms in total. The van der Waals surface area contributed by atoms with Crippen molar-refractivity contribution in [3.63, 3.8) is 0 Å². The second-order valence-corrected chi connectivity index (χ2v) is 5.11. The fraction of sp³-hybridized carbons (Fsp3) is 0.500. The van der Waals surface area contributed by atoms with Crippen LogP contribution in [0.15, 0.2) is 24.3 Å². The Hall–Kier alpha value is -1.88. The van der Waals surface area contributed by atoms with Crippen molar-refractivity contribution in [2.75, 3.05) is 13.7 Å². The van der Waals surface area contributed by atoms with Crippen LogP contribution in [0.1, 0.15) is 42.6 Å². The van der Waals surface area contributed by atoms with E-state index in [1.807, 2.05) is 19.9 Å². The third-order valence-electron chi connectivity index (χ3n) is 3.89. The molecule has 1 aromatic carbocycles. The molecule has 1 amide bonds. The maximum Gasteiger partial charge on any atom is 0.311 e. The van der Waals surface area contributed by atoms with Gasteiger partial charge in [-0.3, -0.25) is 9.59 Å². The summed E-state index contributed by atoms with van der Waals surface area (Å²) >= 11 is 0. The van der Waals surface area contributed by atoms with E-state index >= 15 is 0 Å². The first-order valence-corrected chi connectivity index (χ1v) is 7.08. The van der Waals surface area contributed by atoms with Gasteiger partial charge in [0, 0.05) is 19.2 Å². The van der Waals surface area contributed by atoms with E-state index in [1.165, 1.54) is 0 Å². The summed E-state index contributed by atoms with van der Waals surface area (Å²) in [5.74, 6) is -1.14. The number of hydrogen-bond acceptors (Lipinski definition) is 3. The Morgan fingerprint density at radius 3 is 2.48 bits per heavy atom. The zero-order valence-electron chi connectivity index (χ0n) is 12.8. The molecule has 0 spiro atoms. The Morgan fingerprint density at radius 1 is 1.29 bits per heavy atom. The molecule has 1 rings (SSSR count). The Labute approximate surface area is 125 Å². The highest BCUT2D eigenvalue weighted by molar-refractivity contribution is 5.94. The quantitative estimate of drug-likeness (QED) is 0.772. The van der Waals surface area contributed by atoms with Gasteiger partial charge in [-0.1, -0.05) is 26.0 Å². The first-order chi connectivity index (χ1) is 9.99. The molecule has 0 fully saturated rings. The van der Waals surface area contributed by atoms with Crippen molar-refractivity contribution in [2.45, 2.75) is 33.3 Å². The zero-order valence-corrected chi connectivity index (χ0v) is 12.8. The summed E-state index contributed by atoms with van der Waals surface area (Å²) in [5.41, 5.74) is 0.511. The topological polar surface area (TPSA) is 75.6 Å². The SMILES string of the molecule is CCC(CC)(CNC(=O)c1cccc(COC)c1)C(=O)O. The van der Waals surface area contributed by atoms with Crippen LogP contribution in [0.4, 0.5) is 0 Å². The molecule has 21 heavy (non-hydrogen) atoms. The highest BCUT2D eigenvalue weighted by atomic mass is 16.5. The number of nitrogens with one attached hydrogen (secondary N) is 1. The van der Waals surface area contributed by atoms with Gasteiger partial charge in [0.25, 0.3) is 5.91 Å². The molecule has 0 radical (unpaired) electrons. The fourth-order valence-electron chi connectivity index (χ4n) is 2.20. The van der Waals surface area contributed by atoms with Crippen molar-refractivity contribution >= 4 is 11.9 Å². The number of carboxylic acid groups (broad SMARTS) is 1. The molecule has 5 heteroatoms. The molecule has 0 atom stereocenters. The molecule has 0 heterocycles. The fourth-order valence-corrected chi connectivity index (χ4v) is 2.20. The maximum absolute atomic E-state index is 12.2. The highest BCUT2D eigenvalue weighted by Gasteiger charge is 2.35. The maximum atomic E-state index is 12.2. The third-order valence-corrected chi connectivity index (χ3v) is 3.89. The number of benzene rings is 1. The average Bonchev–Trinajstić information content (AvgIpc) is 2.49. The predicted molar refractivity (Wildman–Crippen MR) is 80.1 cm³/mol. The lowest BCUT2D eigenvalue weighted by Gasteiger charge is -2.26. The molecule has 0 bridgehead atoms. The van der Waals surface area contributed by atoms with Gasteiger partial charge >= 0.3 is 5.97 Å². The number of carboxylic acids is 1. The van der Waals surface area contributed by atoms with E-state index in [2.05, 4.69) is 5.32 Å². The standard InChI is InChI=1S/C16H23NO4/c1-4-16(5-2,15(19)20)11-17-14(18)13-8-6-7-12(9-13)10-21-3/h6-9H,4-5,10-11H2,1-3H3,(H,17,18)(H,19,20). The molecular weight excluding hydrogens is 270 g/mol. The van der Waals surface area contributed by atoms with E-state index in [-0.39, 0.29) is 12.5 Å². The Balaban J connectivity index is 2.77. The lowest BCUT2D eigenvalue weighted by Crippen LogP contribution is -2.42. The van der Waals surface area contributed by atoms with Gasteiger partial charge in [0.05, 0.1) is 12.0 Å². The minimum Gasteiger partial charge on any atom is -0.481 e. The summed E-state index contributed by atoms with van der Waals surface area (Å²) in [6.07, 6.45) is 0.950. The van der Waals surface area contributed by atoms with Gasteiger partial charge in [-0.25, -0.2) is 0 Å². The summed E-state index contributed by atoms with van der Waals surface area (Å²) in [6, 6.07) is 7.11. The third kappa shape index (κ3) is 4.29. The average molecular weight is 293 g/mol. The second-order valence-electron chi connectivity index (χ2n) is 5.11. The molecule has 0 unspecified atom stereocenters. The van der Waals surface area contributed by atoms with Gasteiger partial charge in [0.1, 0.15) is 0 Å². The van der Waals surface area contributed by atoms with Crippen molar-refractivity contribution in [2.24, 2.45) is 5.41 Å². The van der Waals surface area contributed by atoms with E-state index in [1.54, 1.807) is 25.3 Å². The summed E-state index contributed by atoms with van der Waals surface area (Å²) < 4.78 is 5.03. The number of amides is 1. The molecule has 116 valence electrons. The summed E-state index contributed by atoms with van der Waals surface area (Å²) in [6.45, 7) is 4.21. The lowest BCUT2D eigenvalue weighted by molar-refractivity contribution is -0.149. The number of aliphatic carboxylic acids is 1. The molecule has 0 aliphatic carbocycles. The summed E-state index contributed by atoms with van der Waals surface area (Å²) in [7, 11) is 1.59. The molecule has 0 saturated heterocycles. The Morgan fingerprint density at radius 2 is 1.95 bits per heavy atom. The summed E-state index contributed by atoms with van der Waals surface area (Å²) in [5, 5.41) is 12.1. The zero-order chi connectivity index (χ0) is 15.9. The van der Waals surface area contributed by atoms with Crippen molar-refractivity contribution < 1.29 is 19.4 Å². The van der Waals surface area contributed by atoms with Crippen LogP contribution >= 0.6 is 0 Å². The largest absolute Gasteiger partial charge is 0.481 e. The van der Waals surface area contributed by atoms with E-state index in [9.17, 15) is 14.7 Å². The molecular formula is C16H23NO4. The van der Waals surface area contributed by atoms with Crippen molar-refractivity contribution in [3.8, 4) is 0 Å². The molecule has 0 aliphatic heterocycles. The van der Waals surface area contributed by atoms with Crippen LogP contribution in [-0.2, 0) is 16.1 Å². The van der Waals surface area contributed by atoms with Gasteiger partial charge < -0.3 is 15.2 Å². The molecule has 0 aromatic heterocycles. The van der Waals surface area contributed by atoms with Crippen molar-refractivity contribution in [3.05, 3.63) is 35.4 Å². The number of ether oxygens (including phenoxy) is 1. The first kappa shape index (κ1) is 17.2. The highest BCUT2D eigenvalue weighted by Crippen LogP contribution is 2.25. The van der Waals surface area contributed by atoms with E-state index in [4.69, 9.17) is 4.74 Å². The smallest absolute Gasteiger partial charge is 0.311 e.